The van der Waals surface area contributed by atoms with Crippen molar-refractivity contribution in [3.63, 3.8) is 0 Å². The van der Waals surface area contributed by atoms with Crippen LogP contribution in [0.4, 0.5) is 5.69 Å². The van der Waals surface area contributed by atoms with Crippen LogP contribution in [0.25, 0.3) is 0 Å². The molecule has 0 aliphatic rings. The van der Waals surface area contributed by atoms with Gasteiger partial charge in [-0.25, -0.2) is 9.78 Å². The summed E-state index contributed by atoms with van der Waals surface area (Å²) in [4.78, 5) is 27.8. The summed E-state index contributed by atoms with van der Waals surface area (Å²) in [6.45, 7) is 3.85. The van der Waals surface area contributed by atoms with Crippen molar-refractivity contribution in [1.29, 1.82) is 5.26 Å². The molecule has 7 heteroatoms. The number of nitriles is 1. The van der Waals surface area contributed by atoms with E-state index in [9.17, 15) is 14.9 Å². The second-order valence-electron chi connectivity index (χ2n) is 6.00. The molecule has 1 amide bonds. The molecular weight excluding hydrogens is 362 g/mol. The van der Waals surface area contributed by atoms with Crippen molar-refractivity contribution < 1.29 is 14.7 Å². The second kappa shape index (κ2) is 9.74. The maximum Gasteiger partial charge on any atom is 0.335 e. The van der Waals surface area contributed by atoms with Crippen molar-refractivity contribution in [2.45, 2.75) is 43.4 Å². The molecule has 0 radical (unpaired) electrons. The highest BCUT2D eigenvalue weighted by Crippen LogP contribution is 2.26. The number of nitrogens with one attached hydrogen (secondary N) is 1. The summed E-state index contributed by atoms with van der Waals surface area (Å²) in [7, 11) is 0. The highest BCUT2D eigenvalue weighted by Gasteiger charge is 2.18. The van der Waals surface area contributed by atoms with Crippen LogP contribution in [-0.2, 0) is 11.2 Å². The fourth-order valence-corrected chi connectivity index (χ4v) is 3.22. The van der Waals surface area contributed by atoms with Crippen molar-refractivity contribution in [1.82, 2.24) is 4.98 Å². The zero-order valence-electron chi connectivity index (χ0n) is 15.2. The fourth-order valence-electron chi connectivity index (χ4n) is 2.31. The van der Waals surface area contributed by atoms with Gasteiger partial charge in [0.05, 0.1) is 16.4 Å². The number of anilines is 1. The van der Waals surface area contributed by atoms with Crippen LogP contribution >= 0.6 is 11.8 Å². The number of benzene rings is 1. The smallest absolute Gasteiger partial charge is 0.335 e. The van der Waals surface area contributed by atoms with Gasteiger partial charge in [-0.05, 0) is 56.2 Å². The number of nitrogens with zero attached hydrogens (tertiary/aromatic N) is 2. The number of carbonyl (C=O) groups excluding carboxylic acids is 1. The molecule has 1 unspecified atom stereocenters. The second-order valence-corrected chi connectivity index (χ2v) is 7.33. The molecule has 27 heavy (non-hydrogen) atoms. The summed E-state index contributed by atoms with van der Waals surface area (Å²) in [6, 6.07) is 11.7. The van der Waals surface area contributed by atoms with Gasteiger partial charge in [0.25, 0.3) is 0 Å². The molecule has 0 saturated heterocycles. The van der Waals surface area contributed by atoms with Gasteiger partial charge in [0.1, 0.15) is 11.1 Å². The van der Waals surface area contributed by atoms with Crippen molar-refractivity contribution in [3.8, 4) is 6.07 Å². The van der Waals surface area contributed by atoms with E-state index >= 15 is 0 Å². The van der Waals surface area contributed by atoms with Gasteiger partial charge in [-0.2, -0.15) is 5.26 Å². The third kappa shape index (κ3) is 5.83. The number of pyridine rings is 1. The number of carboxylic acids is 1. The number of aryl methyl sites for hydroxylation is 1. The first-order chi connectivity index (χ1) is 12.9. The van der Waals surface area contributed by atoms with Crippen molar-refractivity contribution in [2.75, 3.05) is 5.32 Å². The molecule has 0 bridgehead atoms. The topological polar surface area (TPSA) is 103 Å². The fraction of sp³-hybridized carbons (Fsp3) is 0.300. The first-order valence-electron chi connectivity index (χ1n) is 8.65. The minimum Gasteiger partial charge on any atom is -0.478 e. The largest absolute Gasteiger partial charge is 0.478 e. The van der Waals surface area contributed by atoms with E-state index < -0.39 is 11.2 Å². The lowest BCUT2D eigenvalue weighted by Gasteiger charge is -2.13. The van der Waals surface area contributed by atoms with Gasteiger partial charge in [0.2, 0.25) is 5.91 Å². The summed E-state index contributed by atoms with van der Waals surface area (Å²) >= 11 is 1.24. The van der Waals surface area contributed by atoms with E-state index in [0.29, 0.717) is 16.3 Å². The lowest BCUT2D eigenvalue weighted by Crippen LogP contribution is -2.22. The van der Waals surface area contributed by atoms with E-state index in [-0.39, 0.29) is 11.5 Å². The van der Waals surface area contributed by atoms with Gasteiger partial charge in [-0.1, -0.05) is 25.1 Å². The standard InChI is InChI=1S/C20H21N3O3S/c1-3-4-5-16-11-8-15(12-21)19(23-16)27-13(2)18(24)22-17-9-6-14(7-10-17)20(25)26/h6-11,13H,3-5H2,1-2H3,(H,22,24)(H,25,26). The summed E-state index contributed by atoms with van der Waals surface area (Å²) < 4.78 is 0. The van der Waals surface area contributed by atoms with Crippen LogP contribution in [0.2, 0.25) is 0 Å². The Morgan fingerprint density at radius 3 is 2.56 bits per heavy atom. The monoisotopic (exact) mass is 383 g/mol. The molecule has 0 aliphatic heterocycles. The molecule has 0 aliphatic carbocycles. The third-order valence-corrected chi connectivity index (χ3v) is 4.98. The Morgan fingerprint density at radius 2 is 1.96 bits per heavy atom. The molecular formula is C20H21N3O3S. The van der Waals surface area contributed by atoms with E-state index in [1.54, 1.807) is 25.1 Å². The van der Waals surface area contributed by atoms with E-state index in [1.165, 1.54) is 23.9 Å². The zero-order chi connectivity index (χ0) is 19.8. The van der Waals surface area contributed by atoms with E-state index in [1.807, 2.05) is 6.07 Å². The predicted molar refractivity (Wildman–Crippen MR) is 105 cm³/mol. The lowest BCUT2D eigenvalue weighted by atomic mass is 10.2. The summed E-state index contributed by atoms with van der Waals surface area (Å²) in [5.74, 6) is -1.26. The van der Waals surface area contributed by atoms with Gasteiger partial charge >= 0.3 is 5.97 Å². The van der Waals surface area contributed by atoms with E-state index in [4.69, 9.17) is 5.11 Å². The van der Waals surface area contributed by atoms with Crippen LogP contribution in [0.15, 0.2) is 41.4 Å². The van der Waals surface area contributed by atoms with Crippen LogP contribution < -0.4 is 5.32 Å². The summed E-state index contributed by atoms with van der Waals surface area (Å²) in [5, 5.41) is 21.0. The SMILES string of the molecule is CCCCc1ccc(C#N)c(SC(C)C(=O)Nc2ccc(C(=O)O)cc2)n1. The summed E-state index contributed by atoms with van der Waals surface area (Å²) in [5.41, 5.74) is 2.03. The minimum absolute atomic E-state index is 0.155. The molecule has 2 N–H and O–H groups in total. The first-order valence-corrected chi connectivity index (χ1v) is 9.53. The zero-order valence-corrected chi connectivity index (χ0v) is 16.0. The Morgan fingerprint density at radius 1 is 1.26 bits per heavy atom. The van der Waals surface area contributed by atoms with Gasteiger partial charge in [-0.3, -0.25) is 4.79 Å². The molecule has 140 valence electrons. The molecule has 2 rings (SSSR count). The lowest BCUT2D eigenvalue weighted by molar-refractivity contribution is -0.115. The van der Waals surface area contributed by atoms with Gasteiger partial charge in [-0.15, -0.1) is 0 Å². The van der Waals surface area contributed by atoms with Crippen LogP contribution in [0.5, 0.6) is 0 Å². The van der Waals surface area contributed by atoms with Crippen LogP contribution in [0, 0.1) is 11.3 Å². The third-order valence-electron chi connectivity index (χ3n) is 3.88. The number of hydrogen-bond donors (Lipinski definition) is 2. The Balaban J connectivity index is 2.06. The highest BCUT2D eigenvalue weighted by atomic mass is 32.2. The quantitative estimate of drug-likeness (QED) is 0.665. The van der Waals surface area contributed by atoms with Crippen molar-refractivity contribution in [3.05, 3.63) is 53.2 Å². The molecule has 1 heterocycles. The average Bonchev–Trinajstić information content (AvgIpc) is 2.66. The van der Waals surface area contributed by atoms with E-state index in [2.05, 4.69) is 23.3 Å². The number of rotatable bonds is 8. The number of thioether (sulfide) groups is 1. The van der Waals surface area contributed by atoms with E-state index in [0.717, 1.165) is 25.0 Å². The number of hydrogen-bond acceptors (Lipinski definition) is 5. The maximum absolute atomic E-state index is 12.4. The molecule has 1 atom stereocenters. The van der Waals surface area contributed by atoms with Gasteiger partial charge in [0, 0.05) is 11.4 Å². The van der Waals surface area contributed by atoms with Crippen molar-refractivity contribution >= 4 is 29.3 Å². The number of carboxylic acid groups (broad SMARTS) is 1. The number of amides is 1. The van der Waals surface area contributed by atoms with Crippen LogP contribution in [0.3, 0.4) is 0 Å². The van der Waals surface area contributed by atoms with Gasteiger partial charge < -0.3 is 10.4 Å². The number of carbonyl (C=O) groups is 2. The Kier molecular flexibility index (Phi) is 7.38. The van der Waals surface area contributed by atoms with Crippen LogP contribution in [-0.4, -0.2) is 27.2 Å². The number of aromatic carboxylic acids is 1. The van der Waals surface area contributed by atoms with Crippen LogP contribution in [0.1, 0.15) is 48.3 Å². The molecule has 2 aromatic rings. The molecule has 0 spiro atoms. The molecule has 6 nitrogen and oxygen atoms in total. The summed E-state index contributed by atoms with van der Waals surface area (Å²) in [6.07, 6.45) is 2.92. The molecule has 0 saturated carbocycles. The van der Waals surface area contributed by atoms with Gasteiger partial charge in [0.15, 0.2) is 0 Å². The Hall–Kier alpha value is -2.85. The molecule has 1 aromatic heterocycles. The Bertz CT molecular complexity index is 860. The highest BCUT2D eigenvalue weighted by molar-refractivity contribution is 8.00. The van der Waals surface area contributed by atoms with Crippen molar-refractivity contribution in [2.24, 2.45) is 0 Å². The predicted octanol–water partition coefficient (Wildman–Crippen LogP) is 4.11. The molecule has 1 aromatic carbocycles. The maximum atomic E-state index is 12.4. The normalized spacial score (nSPS) is 11.4. The minimum atomic E-state index is -1.02. The first kappa shape index (κ1) is 20.5. The molecule has 0 fully saturated rings. The number of unbranched alkanes of at least 4 members (excludes halogenated alkanes) is 1. The Labute approximate surface area is 162 Å². The average molecular weight is 383 g/mol. The number of aromatic nitrogens is 1.